The largest absolute Gasteiger partial charge is 0.319 e. The van der Waals surface area contributed by atoms with E-state index in [1.165, 1.54) is 12.4 Å². The summed E-state index contributed by atoms with van der Waals surface area (Å²) in [5, 5.41) is 0. The van der Waals surface area contributed by atoms with E-state index in [-0.39, 0.29) is 0 Å². The third-order valence-corrected chi connectivity index (χ3v) is 4.98. The quantitative estimate of drug-likeness (QED) is 0.799. The number of rotatable bonds is 6. The normalized spacial score (nSPS) is 18.3. The lowest BCUT2D eigenvalue weighted by Gasteiger charge is -2.34. The van der Waals surface area contributed by atoms with Gasteiger partial charge in [0.05, 0.1) is 6.54 Å². The molecule has 0 unspecified atom stereocenters. The predicted molar refractivity (Wildman–Crippen MR) is 87.4 cm³/mol. The van der Waals surface area contributed by atoms with Crippen LogP contribution < -0.4 is 0 Å². The molecule has 0 saturated carbocycles. The van der Waals surface area contributed by atoms with E-state index >= 15 is 0 Å². The summed E-state index contributed by atoms with van der Waals surface area (Å²) in [5.74, 6) is 1.59. The molecule has 1 aliphatic heterocycles. The van der Waals surface area contributed by atoms with Gasteiger partial charge < -0.3 is 0 Å². The SMILES string of the molecule is CC(C)(C)SCCN1CCN(Cc2nccn2C(F)F)CC1. The Morgan fingerprint density at radius 3 is 2.41 bits per heavy atom. The molecule has 2 rings (SSSR count). The standard InChI is InChI=1S/C15H26F2N4S/c1-15(2,3)22-11-10-19-6-8-20(9-7-19)12-13-18-4-5-21(13)14(16)17/h4-5,14H,6-12H2,1-3H3. The maximum atomic E-state index is 12.8. The average Bonchev–Trinajstić information content (AvgIpc) is 2.88. The fourth-order valence-corrected chi connectivity index (χ4v) is 3.46. The predicted octanol–water partition coefficient (Wildman–Crippen LogP) is 2.93. The summed E-state index contributed by atoms with van der Waals surface area (Å²) in [4.78, 5) is 8.71. The van der Waals surface area contributed by atoms with Gasteiger partial charge in [0, 0.05) is 55.6 Å². The molecule has 0 amide bonds. The smallest absolute Gasteiger partial charge is 0.300 e. The van der Waals surface area contributed by atoms with Gasteiger partial charge in [-0.1, -0.05) is 20.8 Å². The van der Waals surface area contributed by atoms with Crippen LogP contribution in [0.15, 0.2) is 12.4 Å². The minimum Gasteiger partial charge on any atom is -0.300 e. The lowest BCUT2D eigenvalue weighted by Crippen LogP contribution is -2.46. The summed E-state index contributed by atoms with van der Waals surface area (Å²) in [6, 6.07) is 0. The third kappa shape index (κ3) is 5.52. The maximum absolute atomic E-state index is 12.8. The molecular formula is C15H26F2N4S. The Morgan fingerprint density at radius 2 is 1.82 bits per heavy atom. The number of hydrogen-bond donors (Lipinski definition) is 0. The molecular weight excluding hydrogens is 306 g/mol. The molecule has 126 valence electrons. The molecule has 0 aliphatic carbocycles. The number of piperazine rings is 1. The molecule has 4 nitrogen and oxygen atoms in total. The average molecular weight is 332 g/mol. The number of thioether (sulfide) groups is 1. The van der Waals surface area contributed by atoms with Crippen molar-refractivity contribution in [2.75, 3.05) is 38.5 Å². The van der Waals surface area contributed by atoms with Crippen LogP contribution in [-0.2, 0) is 6.54 Å². The topological polar surface area (TPSA) is 24.3 Å². The summed E-state index contributed by atoms with van der Waals surface area (Å²) in [6.45, 7) is 9.63. The van der Waals surface area contributed by atoms with Gasteiger partial charge in [0.2, 0.25) is 0 Å². The Balaban J connectivity index is 1.72. The van der Waals surface area contributed by atoms with E-state index in [1.54, 1.807) is 0 Å². The van der Waals surface area contributed by atoms with E-state index < -0.39 is 6.55 Å². The number of alkyl halides is 2. The van der Waals surface area contributed by atoms with Gasteiger partial charge >= 0.3 is 6.55 Å². The van der Waals surface area contributed by atoms with Crippen molar-refractivity contribution < 1.29 is 8.78 Å². The first-order valence-electron chi connectivity index (χ1n) is 7.74. The van der Waals surface area contributed by atoms with Gasteiger partial charge in [0.1, 0.15) is 5.82 Å². The van der Waals surface area contributed by atoms with Crippen LogP contribution in [-0.4, -0.2) is 62.6 Å². The van der Waals surface area contributed by atoms with Crippen molar-refractivity contribution >= 4 is 11.8 Å². The lowest BCUT2D eigenvalue weighted by atomic mass is 10.3. The molecule has 0 spiro atoms. The van der Waals surface area contributed by atoms with Crippen molar-refractivity contribution in [2.24, 2.45) is 0 Å². The van der Waals surface area contributed by atoms with Gasteiger partial charge in [-0.25, -0.2) is 4.98 Å². The number of aromatic nitrogens is 2. The highest BCUT2D eigenvalue weighted by molar-refractivity contribution is 8.00. The van der Waals surface area contributed by atoms with Gasteiger partial charge in [-0.3, -0.25) is 14.4 Å². The van der Waals surface area contributed by atoms with E-state index in [0.29, 0.717) is 17.1 Å². The molecule has 1 aliphatic rings. The van der Waals surface area contributed by atoms with E-state index in [0.717, 1.165) is 43.0 Å². The van der Waals surface area contributed by atoms with Crippen molar-refractivity contribution in [2.45, 2.75) is 38.6 Å². The lowest BCUT2D eigenvalue weighted by molar-refractivity contribution is 0.0609. The Morgan fingerprint density at radius 1 is 1.18 bits per heavy atom. The molecule has 0 radical (unpaired) electrons. The highest BCUT2D eigenvalue weighted by Crippen LogP contribution is 2.23. The summed E-state index contributed by atoms with van der Waals surface area (Å²) in [5.41, 5.74) is 0. The molecule has 0 aromatic carbocycles. The van der Waals surface area contributed by atoms with E-state index in [9.17, 15) is 8.78 Å². The maximum Gasteiger partial charge on any atom is 0.319 e. The Kier molecular flexibility index (Phi) is 6.23. The van der Waals surface area contributed by atoms with Crippen LogP contribution in [0.4, 0.5) is 8.78 Å². The van der Waals surface area contributed by atoms with Gasteiger partial charge in [0.15, 0.2) is 0 Å². The van der Waals surface area contributed by atoms with E-state index in [4.69, 9.17) is 0 Å². The Bertz CT molecular complexity index is 451. The molecule has 1 fully saturated rings. The second kappa shape index (κ2) is 7.75. The van der Waals surface area contributed by atoms with Crippen molar-refractivity contribution in [1.82, 2.24) is 19.4 Å². The summed E-state index contributed by atoms with van der Waals surface area (Å²) in [7, 11) is 0. The van der Waals surface area contributed by atoms with E-state index in [2.05, 4.69) is 35.6 Å². The van der Waals surface area contributed by atoms with Gasteiger partial charge in [-0.15, -0.1) is 0 Å². The van der Waals surface area contributed by atoms with Crippen LogP contribution in [0.25, 0.3) is 0 Å². The first-order valence-corrected chi connectivity index (χ1v) is 8.72. The molecule has 7 heteroatoms. The Hall–Kier alpha value is -0.660. The summed E-state index contributed by atoms with van der Waals surface area (Å²) < 4.78 is 26.9. The van der Waals surface area contributed by atoms with E-state index in [1.807, 2.05) is 11.8 Å². The number of nitrogens with zero attached hydrogens (tertiary/aromatic N) is 4. The molecule has 1 aromatic rings. The zero-order valence-corrected chi connectivity index (χ0v) is 14.5. The highest BCUT2D eigenvalue weighted by atomic mass is 32.2. The van der Waals surface area contributed by atoms with Crippen LogP contribution in [0.3, 0.4) is 0 Å². The summed E-state index contributed by atoms with van der Waals surface area (Å²) >= 11 is 1.99. The molecule has 1 saturated heterocycles. The van der Waals surface area contributed by atoms with Gasteiger partial charge in [-0.2, -0.15) is 20.5 Å². The summed E-state index contributed by atoms with van der Waals surface area (Å²) in [6.07, 6.45) is 2.79. The van der Waals surface area contributed by atoms with Crippen LogP contribution in [0.5, 0.6) is 0 Å². The molecule has 0 N–H and O–H groups in total. The number of imidazole rings is 1. The van der Waals surface area contributed by atoms with Gasteiger partial charge in [0.25, 0.3) is 0 Å². The van der Waals surface area contributed by atoms with Crippen LogP contribution in [0.1, 0.15) is 33.1 Å². The second-order valence-electron chi connectivity index (χ2n) is 6.61. The minimum absolute atomic E-state index is 0.314. The fraction of sp³-hybridized carbons (Fsp3) is 0.800. The first kappa shape index (κ1) is 17.7. The molecule has 0 bridgehead atoms. The number of hydrogen-bond acceptors (Lipinski definition) is 4. The minimum atomic E-state index is -2.51. The van der Waals surface area contributed by atoms with Crippen LogP contribution in [0, 0.1) is 0 Å². The molecule has 2 heterocycles. The van der Waals surface area contributed by atoms with Crippen molar-refractivity contribution in [3.63, 3.8) is 0 Å². The van der Waals surface area contributed by atoms with Gasteiger partial charge in [-0.05, 0) is 0 Å². The van der Waals surface area contributed by atoms with Crippen molar-refractivity contribution in [3.05, 3.63) is 18.2 Å². The molecule has 0 atom stereocenters. The fourth-order valence-electron chi connectivity index (χ4n) is 2.50. The van der Waals surface area contributed by atoms with Crippen molar-refractivity contribution in [1.29, 1.82) is 0 Å². The zero-order chi connectivity index (χ0) is 16.2. The third-order valence-electron chi connectivity index (χ3n) is 3.73. The monoisotopic (exact) mass is 332 g/mol. The second-order valence-corrected chi connectivity index (χ2v) is 8.53. The Labute approximate surface area is 135 Å². The zero-order valence-electron chi connectivity index (χ0n) is 13.6. The highest BCUT2D eigenvalue weighted by Gasteiger charge is 2.20. The molecule has 22 heavy (non-hydrogen) atoms. The van der Waals surface area contributed by atoms with Crippen LogP contribution >= 0.6 is 11.8 Å². The first-order chi connectivity index (χ1) is 10.3. The number of halogens is 2. The van der Waals surface area contributed by atoms with Crippen molar-refractivity contribution in [3.8, 4) is 0 Å². The molecule has 1 aromatic heterocycles. The van der Waals surface area contributed by atoms with Crippen LogP contribution in [0.2, 0.25) is 0 Å².